The van der Waals surface area contributed by atoms with Gasteiger partial charge in [0.05, 0.1) is 18.8 Å². The van der Waals surface area contributed by atoms with Crippen LogP contribution in [0.15, 0.2) is 24.5 Å². The van der Waals surface area contributed by atoms with Gasteiger partial charge >= 0.3 is 0 Å². The van der Waals surface area contributed by atoms with Gasteiger partial charge in [-0.2, -0.15) is 0 Å². The van der Waals surface area contributed by atoms with Gasteiger partial charge < -0.3 is 9.47 Å². The summed E-state index contributed by atoms with van der Waals surface area (Å²) >= 11 is 1.56. The molecule has 23 heavy (non-hydrogen) atoms. The van der Waals surface area contributed by atoms with Gasteiger partial charge in [0, 0.05) is 25.0 Å². The zero-order valence-corrected chi connectivity index (χ0v) is 14.3. The molecule has 0 spiro atoms. The van der Waals surface area contributed by atoms with Gasteiger partial charge in [-0.05, 0) is 45.0 Å². The van der Waals surface area contributed by atoms with Gasteiger partial charge in [0.25, 0.3) is 5.91 Å². The molecule has 122 valence electrons. The van der Waals surface area contributed by atoms with Gasteiger partial charge in [0.1, 0.15) is 9.88 Å². The van der Waals surface area contributed by atoms with Crippen molar-refractivity contribution in [1.82, 2.24) is 19.4 Å². The van der Waals surface area contributed by atoms with E-state index in [1.807, 2.05) is 4.90 Å². The van der Waals surface area contributed by atoms with Crippen LogP contribution in [-0.2, 0) is 13.1 Å². The van der Waals surface area contributed by atoms with E-state index in [-0.39, 0.29) is 11.9 Å². The monoisotopic (exact) mass is 330 g/mol. The molecule has 2 aromatic rings. The summed E-state index contributed by atoms with van der Waals surface area (Å²) in [5.74, 6) is 0.120. The molecular weight excluding hydrogens is 308 g/mol. The van der Waals surface area contributed by atoms with Crippen molar-refractivity contribution in [3.05, 3.63) is 40.1 Å². The number of aromatic nitrogens is 2. The van der Waals surface area contributed by atoms with Crippen molar-refractivity contribution in [2.24, 2.45) is 0 Å². The van der Waals surface area contributed by atoms with E-state index in [0.29, 0.717) is 0 Å². The topological polar surface area (TPSA) is 41.4 Å². The predicted octanol–water partition coefficient (Wildman–Crippen LogP) is 2.76. The summed E-state index contributed by atoms with van der Waals surface area (Å²) in [5.41, 5.74) is 1.21. The SMILES string of the molecule is C[C@H]1c2cccn2CCN1C(=O)c1cnc(CN2CCCC2)s1. The molecule has 0 saturated carbocycles. The molecule has 1 fully saturated rings. The molecule has 2 aliphatic heterocycles. The Morgan fingerprint density at radius 2 is 2.13 bits per heavy atom. The first kappa shape index (κ1) is 14.9. The summed E-state index contributed by atoms with van der Waals surface area (Å²) in [6, 6.07) is 4.28. The second kappa shape index (κ2) is 6.09. The second-order valence-electron chi connectivity index (χ2n) is 6.40. The number of hydrogen-bond donors (Lipinski definition) is 0. The second-order valence-corrected chi connectivity index (χ2v) is 7.52. The van der Waals surface area contributed by atoms with Crippen LogP contribution in [0.4, 0.5) is 0 Å². The Hall–Kier alpha value is -1.66. The smallest absolute Gasteiger partial charge is 0.266 e. The molecule has 4 rings (SSSR count). The molecular formula is C17H22N4OS. The summed E-state index contributed by atoms with van der Waals surface area (Å²) < 4.78 is 2.24. The highest BCUT2D eigenvalue weighted by molar-refractivity contribution is 7.13. The first-order chi connectivity index (χ1) is 11.2. The van der Waals surface area contributed by atoms with Crippen LogP contribution in [0.1, 0.15) is 46.2 Å². The summed E-state index contributed by atoms with van der Waals surface area (Å²) in [6.45, 7) is 6.94. The Bertz CT molecular complexity index is 701. The molecule has 0 bridgehead atoms. The maximum Gasteiger partial charge on any atom is 0.266 e. The van der Waals surface area contributed by atoms with Crippen molar-refractivity contribution in [3.8, 4) is 0 Å². The first-order valence-electron chi connectivity index (χ1n) is 8.35. The highest BCUT2D eigenvalue weighted by Crippen LogP contribution is 2.28. The quantitative estimate of drug-likeness (QED) is 0.869. The van der Waals surface area contributed by atoms with Crippen LogP contribution in [0.2, 0.25) is 0 Å². The number of carbonyl (C=O) groups excluding carboxylic acids is 1. The Morgan fingerprint density at radius 3 is 2.96 bits per heavy atom. The van der Waals surface area contributed by atoms with Gasteiger partial charge in [0.2, 0.25) is 0 Å². The van der Waals surface area contributed by atoms with Gasteiger partial charge in [-0.3, -0.25) is 9.69 Å². The molecule has 1 amide bonds. The first-order valence-corrected chi connectivity index (χ1v) is 9.17. The van der Waals surface area contributed by atoms with Crippen LogP contribution in [0.5, 0.6) is 0 Å². The minimum absolute atomic E-state index is 0.120. The molecule has 0 aliphatic carbocycles. The molecule has 0 unspecified atom stereocenters. The molecule has 5 nitrogen and oxygen atoms in total. The van der Waals surface area contributed by atoms with Crippen molar-refractivity contribution in [1.29, 1.82) is 0 Å². The Balaban J connectivity index is 1.48. The lowest BCUT2D eigenvalue weighted by atomic mass is 10.1. The van der Waals surface area contributed by atoms with E-state index in [0.717, 1.165) is 42.6 Å². The number of fused-ring (bicyclic) bond motifs is 1. The zero-order chi connectivity index (χ0) is 15.8. The molecule has 1 atom stereocenters. The Morgan fingerprint density at radius 1 is 1.30 bits per heavy atom. The molecule has 2 aliphatic rings. The van der Waals surface area contributed by atoms with E-state index >= 15 is 0 Å². The lowest BCUT2D eigenvalue weighted by Gasteiger charge is -2.34. The van der Waals surface area contributed by atoms with Gasteiger partial charge in [0.15, 0.2) is 0 Å². The van der Waals surface area contributed by atoms with E-state index in [1.165, 1.54) is 18.5 Å². The molecule has 6 heteroatoms. The summed E-state index contributed by atoms with van der Waals surface area (Å²) in [5, 5.41) is 1.06. The van der Waals surface area contributed by atoms with Crippen LogP contribution in [0.3, 0.4) is 0 Å². The number of nitrogens with zero attached hydrogens (tertiary/aromatic N) is 4. The number of amides is 1. The van der Waals surface area contributed by atoms with Crippen molar-refractivity contribution in [2.75, 3.05) is 19.6 Å². The van der Waals surface area contributed by atoms with Crippen LogP contribution >= 0.6 is 11.3 Å². The third kappa shape index (κ3) is 2.81. The van der Waals surface area contributed by atoms with Crippen LogP contribution in [0.25, 0.3) is 0 Å². The molecule has 4 heterocycles. The maximum absolute atomic E-state index is 12.9. The maximum atomic E-state index is 12.9. The van der Waals surface area contributed by atoms with Gasteiger partial charge in [-0.15, -0.1) is 11.3 Å². The average Bonchev–Trinajstić information content (AvgIpc) is 3.29. The minimum Gasteiger partial charge on any atom is -0.348 e. The van der Waals surface area contributed by atoms with Crippen molar-refractivity contribution in [2.45, 2.75) is 38.9 Å². The summed E-state index contributed by atoms with van der Waals surface area (Å²) in [4.78, 5) is 22.5. The fraction of sp³-hybridized carbons (Fsp3) is 0.529. The van der Waals surface area contributed by atoms with Crippen molar-refractivity contribution >= 4 is 17.2 Å². The fourth-order valence-corrected chi connectivity index (χ4v) is 4.53. The van der Waals surface area contributed by atoms with Crippen molar-refractivity contribution < 1.29 is 4.79 Å². The highest BCUT2D eigenvalue weighted by atomic mass is 32.1. The van der Waals surface area contributed by atoms with Gasteiger partial charge in [-0.25, -0.2) is 4.98 Å². The largest absolute Gasteiger partial charge is 0.348 e. The normalized spacial score (nSPS) is 21.6. The van der Waals surface area contributed by atoms with E-state index in [2.05, 4.69) is 39.7 Å². The van der Waals surface area contributed by atoms with E-state index in [9.17, 15) is 4.79 Å². The van der Waals surface area contributed by atoms with E-state index in [1.54, 1.807) is 17.5 Å². The third-order valence-corrected chi connectivity index (χ3v) is 5.89. The minimum atomic E-state index is 0.120. The van der Waals surface area contributed by atoms with E-state index in [4.69, 9.17) is 0 Å². The van der Waals surface area contributed by atoms with E-state index < -0.39 is 0 Å². The number of hydrogen-bond acceptors (Lipinski definition) is 4. The number of thiazole rings is 1. The van der Waals surface area contributed by atoms with Crippen LogP contribution < -0.4 is 0 Å². The van der Waals surface area contributed by atoms with Crippen LogP contribution in [-0.4, -0.2) is 44.9 Å². The zero-order valence-electron chi connectivity index (χ0n) is 13.4. The highest BCUT2D eigenvalue weighted by Gasteiger charge is 2.29. The molecule has 0 radical (unpaired) electrons. The fourth-order valence-electron chi connectivity index (χ4n) is 3.61. The lowest BCUT2D eigenvalue weighted by Crippen LogP contribution is -2.40. The third-order valence-electron chi connectivity index (χ3n) is 4.92. The number of carbonyl (C=O) groups is 1. The summed E-state index contributed by atoms with van der Waals surface area (Å²) in [7, 11) is 0. The Kier molecular flexibility index (Phi) is 3.95. The molecule has 1 saturated heterocycles. The van der Waals surface area contributed by atoms with Crippen LogP contribution in [0, 0.1) is 0 Å². The molecule has 0 aromatic carbocycles. The number of likely N-dealkylation sites (tertiary alicyclic amines) is 1. The van der Waals surface area contributed by atoms with Gasteiger partial charge in [-0.1, -0.05) is 0 Å². The lowest BCUT2D eigenvalue weighted by molar-refractivity contribution is 0.0649. The average molecular weight is 330 g/mol. The standard InChI is InChI=1S/C17H22N4OS/c1-13-14-5-4-8-20(14)9-10-21(13)17(22)15-11-18-16(23-15)12-19-6-2-3-7-19/h4-5,8,11,13H,2-3,6-7,9-10,12H2,1H3/t13-/m0/s1. The Labute approximate surface area is 140 Å². The molecule has 2 aromatic heterocycles. The molecule has 0 N–H and O–H groups in total. The predicted molar refractivity (Wildman–Crippen MR) is 90.5 cm³/mol. The van der Waals surface area contributed by atoms with Crippen molar-refractivity contribution in [3.63, 3.8) is 0 Å². The number of rotatable bonds is 3. The summed E-state index contributed by atoms with van der Waals surface area (Å²) in [6.07, 6.45) is 6.41.